The minimum atomic E-state index is 0.151. The number of nitrogens with zero attached hydrogens (tertiary/aromatic N) is 1. The van der Waals surface area contributed by atoms with Gasteiger partial charge in [-0.2, -0.15) is 0 Å². The molecule has 0 aliphatic heterocycles. The van der Waals surface area contributed by atoms with Gasteiger partial charge in [0.25, 0.3) is 0 Å². The number of benzene rings is 1. The molecule has 1 aromatic heterocycles. The van der Waals surface area contributed by atoms with Gasteiger partial charge in [0.1, 0.15) is 22.3 Å². The average Bonchev–Trinajstić information content (AvgIpc) is 2.22. The quantitative estimate of drug-likeness (QED) is 0.847. The van der Waals surface area contributed by atoms with Crippen LogP contribution in [-0.4, -0.2) is 10.1 Å². The highest BCUT2D eigenvalue weighted by Crippen LogP contribution is 2.29. The van der Waals surface area contributed by atoms with Crippen LogP contribution in [0.1, 0.15) is 0 Å². The zero-order valence-electron chi connectivity index (χ0n) is 7.72. The van der Waals surface area contributed by atoms with Crippen LogP contribution in [0.2, 0.25) is 5.02 Å². The summed E-state index contributed by atoms with van der Waals surface area (Å²) in [6.45, 7) is 0. The van der Waals surface area contributed by atoms with Gasteiger partial charge in [-0.3, -0.25) is 4.98 Å². The summed E-state index contributed by atoms with van der Waals surface area (Å²) < 4.78 is 5.46. The van der Waals surface area contributed by atoms with Crippen LogP contribution in [-0.2, 0) is 0 Å². The van der Waals surface area contributed by atoms with Crippen molar-refractivity contribution in [3.63, 3.8) is 0 Å². The van der Waals surface area contributed by atoms with Crippen molar-refractivity contribution < 1.29 is 9.84 Å². The molecule has 2 aromatic rings. The van der Waals surface area contributed by atoms with Crippen LogP contribution in [0.5, 0.6) is 17.2 Å². The van der Waals surface area contributed by atoms with Crippen molar-refractivity contribution in [3.05, 3.63) is 47.7 Å². The summed E-state index contributed by atoms with van der Waals surface area (Å²) in [5.41, 5.74) is 0. The Morgan fingerprint density at radius 3 is 2.87 bits per heavy atom. The van der Waals surface area contributed by atoms with E-state index >= 15 is 0 Å². The number of rotatable bonds is 2. The first-order chi connectivity index (χ1) is 7.25. The summed E-state index contributed by atoms with van der Waals surface area (Å²) in [6, 6.07) is 8.17. The average molecular weight is 222 g/mol. The number of hydrogen-bond donors (Lipinski definition) is 1. The minimum Gasteiger partial charge on any atom is -0.508 e. The van der Waals surface area contributed by atoms with Crippen LogP contribution >= 0.6 is 11.6 Å². The highest BCUT2D eigenvalue weighted by molar-refractivity contribution is 6.31. The molecule has 1 N–H and O–H groups in total. The van der Waals surface area contributed by atoms with E-state index in [2.05, 4.69) is 4.98 Å². The van der Waals surface area contributed by atoms with E-state index in [9.17, 15) is 5.11 Å². The molecule has 76 valence electrons. The normalized spacial score (nSPS) is 9.93. The van der Waals surface area contributed by atoms with Gasteiger partial charge < -0.3 is 9.84 Å². The number of pyridine rings is 1. The second kappa shape index (κ2) is 4.19. The fourth-order valence-electron chi connectivity index (χ4n) is 1.12. The number of phenolic OH excluding ortho intramolecular Hbond substituents is 1. The third-order valence-electron chi connectivity index (χ3n) is 1.78. The molecule has 3 nitrogen and oxygen atoms in total. The Balaban J connectivity index is 2.26. The van der Waals surface area contributed by atoms with E-state index in [4.69, 9.17) is 16.3 Å². The Labute approximate surface area is 91.9 Å². The fraction of sp³-hybridized carbons (Fsp3) is 0. The SMILES string of the molecule is Oc1cccc(Oc2ccncc2Cl)c1. The van der Waals surface area contributed by atoms with Gasteiger partial charge in [0.05, 0.1) is 0 Å². The van der Waals surface area contributed by atoms with E-state index in [1.165, 1.54) is 12.3 Å². The number of halogens is 1. The topological polar surface area (TPSA) is 42.4 Å². The van der Waals surface area contributed by atoms with Crippen LogP contribution in [0, 0.1) is 0 Å². The lowest BCUT2D eigenvalue weighted by atomic mass is 10.3. The smallest absolute Gasteiger partial charge is 0.149 e. The van der Waals surface area contributed by atoms with Crippen molar-refractivity contribution in [1.29, 1.82) is 0 Å². The Hall–Kier alpha value is -1.74. The molecule has 1 aromatic carbocycles. The van der Waals surface area contributed by atoms with Crippen molar-refractivity contribution in [3.8, 4) is 17.2 Å². The predicted octanol–water partition coefficient (Wildman–Crippen LogP) is 3.23. The fourth-order valence-corrected chi connectivity index (χ4v) is 1.28. The highest BCUT2D eigenvalue weighted by atomic mass is 35.5. The molecule has 0 saturated carbocycles. The molecule has 1 heterocycles. The second-order valence-corrected chi connectivity index (χ2v) is 3.31. The molecule has 0 unspecified atom stereocenters. The van der Waals surface area contributed by atoms with Crippen LogP contribution < -0.4 is 4.74 Å². The summed E-state index contributed by atoms with van der Waals surface area (Å²) >= 11 is 5.86. The van der Waals surface area contributed by atoms with Crippen molar-refractivity contribution in [1.82, 2.24) is 4.98 Å². The van der Waals surface area contributed by atoms with Crippen molar-refractivity contribution in [2.24, 2.45) is 0 Å². The minimum absolute atomic E-state index is 0.151. The van der Waals surface area contributed by atoms with Crippen molar-refractivity contribution in [2.45, 2.75) is 0 Å². The van der Waals surface area contributed by atoms with Crippen molar-refractivity contribution in [2.75, 3.05) is 0 Å². The standard InChI is InChI=1S/C11H8ClNO2/c12-10-7-13-5-4-11(10)15-9-3-1-2-8(14)6-9/h1-7,14H. The van der Waals surface area contributed by atoms with Crippen LogP contribution in [0.25, 0.3) is 0 Å². The third-order valence-corrected chi connectivity index (χ3v) is 2.06. The van der Waals surface area contributed by atoms with Crippen molar-refractivity contribution >= 4 is 11.6 Å². The number of phenols is 1. The van der Waals surface area contributed by atoms with Gasteiger partial charge >= 0.3 is 0 Å². The lowest BCUT2D eigenvalue weighted by Gasteiger charge is -2.06. The van der Waals surface area contributed by atoms with Gasteiger partial charge in [0, 0.05) is 24.5 Å². The number of aromatic hydroxyl groups is 1. The molecule has 0 aliphatic carbocycles. The lowest BCUT2D eigenvalue weighted by molar-refractivity contribution is 0.455. The maximum absolute atomic E-state index is 9.24. The molecule has 2 rings (SSSR count). The van der Waals surface area contributed by atoms with Crippen LogP contribution in [0.3, 0.4) is 0 Å². The Morgan fingerprint density at radius 1 is 1.27 bits per heavy atom. The van der Waals surface area contributed by atoms with Gasteiger partial charge in [0.2, 0.25) is 0 Å². The summed E-state index contributed by atoms with van der Waals surface area (Å²) in [7, 11) is 0. The van der Waals surface area contributed by atoms with Gasteiger partial charge in [0.15, 0.2) is 0 Å². The first-order valence-corrected chi connectivity index (χ1v) is 4.70. The highest BCUT2D eigenvalue weighted by Gasteiger charge is 2.02. The second-order valence-electron chi connectivity index (χ2n) is 2.91. The van der Waals surface area contributed by atoms with Gasteiger partial charge in [-0.25, -0.2) is 0 Å². The molecule has 0 saturated heterocycles. The number of hydrogen-bond acceptors (Lipinski definition) is 3. The summed E-state index contributed by atoms with van der Waals surface area (Å²) in [6.07, 6.45) is 3.09. The first kappa shape index (κ1) is 9.80. The molecular weight excluding hydrogens is 214 g/mol. The Morgan fingerprint density at radius 2 is 2.13 bits per heavy atom. The molecule has 0 bridgehead atoms. The van der Waals surface area contributed by atoms with E-state index in [-0.39, 0.29) is 5.75 Å². The number of ether oxygens (including phenoxy) is 1. The van der Waals surface area contributed by atoms with Crippen LogP contribution in [0.4, 0.5) is 0 Å². The number of aromatic nitrogens is 1. The zero-order chi connectivity index (χ0) is 10.7. The molecule has 4 heteroatoms. The monoisotopic (exact) mass is 221 g/mol. The Kier molecular flexibility index (Phi) is 2.74. The molecule has 0 aliphatic rings. The molecular formula is C11H8ClNO2. The van der Waals surface area contributed by atoms with Crippen LogP contribution in [0.15, 0.2) is 42.7 Å². The maximum atomic E-state index is 9.24. The zero-order valence-corrected chi connectivity index (χ0v) is 8.48. The summed E-state index contributed by atoms with van der Waals surface area (Å²) in [5.74, 6) is 1.19. The molecule has 0 atom stereocenters. The van der Waals surface area contributed by atoms with E-state index < -0.39 is 0 Å². The third kappa shape index (κ3) is 2.39. The lowest BCUT2D eigenvalue weighted by Crippen LogP contribution is -1.85. The molecule has 0 spiro atoms. The Bertz CT molecular complexity index is 474. The molecule has 0 fully saturated rings. The van der Waals surface area contributed by atoms with E-state index in [1.807, 2.05) is 0 Å². The van der Waals surface area contributed by atoms with E-state index in [1.54, 1.807) is 30.5 Å². The van der Waals surface area contributed by atoms with Gasteiger partial charge in [-0.05, 0) is 12.1 Å². The molecule has 0 radical (unpaired) electrons. The van der Waals surface area contributed by atoms with E-state index in [0.717, 1.165) is 0 Å². The molecule has 0 amide bonds. The largest absolute Gasteiger partial charge is 0.508 e. The first-order valence-electron chi connectivity index (χ1n) is 4.32. The maximum Gasteiger partial charge on any atom is 0.149 e. The van der Waals surface area contributed by atoms with E-state index in [0.29, 0.717) is 16.5 Å². The summed E-state index contributed by atoms with van der Waals surface area (Å²) in [5, 5.41) is 9.67. The van der Waals surface area contributed by atoms with Gasteiger partial charge in [-0.15, -0.1) is 0 Å². The van der Waals surface area contributed by atoms with Gasteiger partial charge in [-0.1, -0.05) is 17.7 Å². The molecule has 15 heavy (non-hydrogen) atoms. The summed E-state index contributed by atoms with van der Waals surface area (Å²) in [4.78, 5) is 3.84. The predicted molar refractivity (Wildman–Crippen MR) is 57.4 cm³/mol.